The van der Waals surface area contributed by atoms with Crippen LogP contribution in [-0.2, 0) is 9.47 Å². The van der Waals surface area contributed by atoms with Crippen molar-refractivity contribution in [3.05, 3.63) is 78.5 Å². The lowest BCUT2D eigenvalue weighted by molar-refractivity contribution is 0.122. The van der Waals surface area contributed by atoms with Gasteiger partial charge in [0.05, 0.1) is 39.6 Å². The molecule has 6 rings (SSSR count). The lowest BCUT2D eigenvalue weighted by Crippen LogP contribution is -2.36. The van der Waals surface area contributed by atoms with Crippen LogP contribution in [0.3, 0.4) is 0 Å². The van der Waals surface area contributed by atoms with Crippen LogP contribution in [0.5, 0.6) is 0 Å². The van der Waals surface area contributed by atoms with E-state index in [2.05, 4.69) is 70.0 Å². The summed E-state index contributed by atoms with van der Waals surface area (Å²) in [5.41, 5.74) is 9.12. The van der Waals surface area contributed by atoms with Crippen LogP contribution in [-0.4, -0.2) is 109 Å². The highest BCUT2D eigenvalue weighted by atomic mass is 35.5. The molecule has 252 valence electrons. The number of nitrogens with one attached hydrogen (secondary N) is 3. The number of hydrogen-bond donors (Lipinski definition) is 6. The first kappa shape index (κ1) is 35.5. The number of nitrogens with zero attached hydrogens (tertiary/aromatic N) is 6. The van der Waals surface area contributed by atoms with E-state index in [1.807, 2.05) is 30.3 Å². The van der Waals surface area contributed by atoms with Gasteiger partial charge in [0.2, 0.25) is 0 Å². The monoisotopic (exact) mass is 666 g/mol. The quantitative estimate of drug-likeness (QED) is 0.136. The molecule has 4 aromatic rings. The third-order valence-corrected chi connectivity index (χ3v) is 7.09. The number of hydrogen-bond acceptors (Lipinski definition) is 14. The molecule has 0 saturated carbocycles. The Labute approximate surface area is 279 Å². The Balaban J connectivity index is 0.000000193. The highest BCUT2D eigenvalue weighted by Crippen LogP contribution is 2.23. The van der Waals surface area contributed by atoms with Crippen molar-refractivity contribution in [2.75, 3.05) is 105 Å². The molecule has 2 aliphatic heterocycles. The van der Waals surface area contributed by atoms with Gasteiger partial charge in [-0.2, -0.15) is 0 Å². The molecule has 7 N–H and O–H groups in total. The number of rotatable bonds is 10. The van der Waals surface area contributed by atoms with Gasteiger partial charge in [0.25, 0.3) is 0 Å². The van der Waals surface area contributed by atoms with Gasteiger partial charge in [0.1, 0.15) is 35.3 Å². The second kappa shape index (κ2) is 20.0. The molecule has 15 heteroatoms. The summed E-state index contributed by atoms with van der Waals surface area (Å²) < 4.78 is 10.7. The highest BCUT2D eigenvalue weighted by molar-refractivity contribution is 6.29. The zero-order valence-electron chi connectivity index (χ0n) is 26.3. The molecular weight excluding hydrogens is 624 g/mol. The molecule has 0 unspecified atom stereocenters. The Morgan fingerprint density at radius 3 is 1.55 bits per heavy atom. The molecule has 0 amide bonds. The summed E-state index contributed by atoms with van der Waals surface area (Å²) in [5.74, 6) is 2.07. The van der Waals surface area contributed by atoms with Crippen molar-refractivity contribution in [1.82, 2.24) is 19.9 Å². The largest absolute Gasteiger partial charge is 0.395 e. The maximum Gasteiger partial charge on any atom is 0.135 e. The number of halogens is 1. The Hall–Kier alpha value is -4.31. The van der Waals surface area contributed by atoms with E-state index in [1.54, 1.807) is 6.07 Å². The summed E-state index contributed by atoms with van der Waals surface area (Å²) in [6.07, 6.45) is 2.93. The first-order chi connectivity index (χ1) is 23.1. The Morgan fingerprint density at radius 2 is 1.11 bits per heavy atom. The second-order valence-electron chi connectivity index (χ2n) is 10.2. The van der Waals surface area contributed by atoms with Crippen LogP contribution in [0, 0.1) is 0 Å². The first-order valence-electron chi connectivity index (χ1n) is 15.4. The van der Waals surface area contributed by atoms with Gasteiger partial charge in [-0.3, -0.25) is 0 Å². The number of aliphatic hydroxyl groups is 2. The van der Waals surface area contributed by atoms with Crippen LogP contribution < -0.4 is 31.5 Å². The Bertz CT molecular complexity index is 1440. The number of morpholine rings is 2. The summed E-state index contributed by atoms with van der Waals surface area (Å²) in [4.78, 5) is 20.9. The van der Waals surface area contributed by atoms with Crippen molar-refractivity contribution in [3.63, 3.8) is 0 Å². The van der Waals surface area contributed by atoms with Gasteiger partial charge in [0, 0.05) is 74.2 Å². The molecule has 0 bridgehead atoms. The van der Waals surface area contributed by atoms with Crippen LogP contribution in [0.2, 0.25) is 5.15 Å². The lowest BCUT2D eigenvalue weighted by atomic mass is 10.2. The number of aromatic nitrogens is 4. The summed E-state index contributed by atoms with van der Waals surface area (Å²) in [7, 11) is 0. The van der Waals surface area contributed by atoms with Crippen LogP contribution in [0.1, 0.15) is 0 Å². The van der Waals surface area contributed by atoms with E-state index in [9.17, 15) is 0 Å². The topological polar surface area (TPSA) is 179 Å². The summed E-state index contributed by atoms with van der Waals surface area (Å²) in [6, 6.07) is 20.0. The third kappa shape index (κ3) is 12.4. The molecular formula is C32H43ClN10O4. The van der Waals surface area contributed by atoms with E-state index < -0.39 is 0 Å². The first-order valence-corrected chi connectivity index (χ1v) is 15.8. The maximum atomic E-state index is 8.83. The minimum Gasteiger partial charge on any atom is -0.395 e. The molecule has 2 aromatic carbocycles. The number of nitrogens with two attached hydrogens (primary N) is 1. The molecule has 47 heavy (non-hydrogen) atoms. The summed E-state index contributed by atoms with van der Waals surface area (Å²) in [5, 5.41) is 26.5. The molecule has 0 radical (unpaired) electrons. The normalized spacial score (nSPS) is 14.2. The third-order valence-electron chi connectivity index (χ3n) is 6.88. The van der Waals surface area contributed by atoms with Gasteiger partial charge in [-0.1, -0.05) is 11.6 Å². The zero-order valence-corrected chi connectivity index (χ0v) is 27.0. The van der Waals surface area contributed by atoms with E-state index in [-0.39, 0.29) is 13.2 Å². The van der Waals surface area contributed by atoms with Gasteiger partial charge in [-0.25, -0.2) is 19.9 Å². The SMILES string of the molecule is Clc1cc(Nc2ccc(N3CCOCC3)cc2)ncn1.NCCO.OCCNc1cc(Nc2ccc(N3CCOCC3)cc2)ncn1. The fourth-order valence-corrected chi connectivity index (χ4v) is 4.71. The van der Waals surface area contributed by atoms with Gasteiger partial charge in [-0.15, -0.1) is 0 Å². The van der Waals surface area contributed by atoms with Crippen molar-refractivity contribution in [1.29, 1.82) is 0 Å². The van der Waals surface area contributed by atoms with Gasteiger partial charge in [-0.05, 0) is 48.5 Å². The van der Waals surface area contributed by atoms with E-state index in [0.29, 0.717) is 35.7 Å². The molecule has 2 aliphatic rings. The second-order valence-corrected chi connectivity index (χ2v) is 10.6. The Kier molecular flexibility index (Phi) is 15.2. The van der Waals surface area contributed by atoms with Crippen LogP contribution >= 0.6 is 11.6 Å². The molecule has 0 atom stereocenters. The van der Waals surface area contributed by atoms with Crippen LogP contribution in [0.25, 0.3) is 0 Å². The van der Waals surface area contributed by atoms with E-state index >= 15 is 0 Å². The number of aliphatic hydroxyl groups excluding tert-OH is 2. The van der Waals surface area contributed by atoms with Crippen molar-refractivity contribution < 1.29 is 19.7 Å². The minimum atomic E-state index is 0.0652. The number of ether oxygens (including phenoxy) is 2. The van der Waals surface area contributed by atoms with Crippen molar-refractivity contribution in [2.45, 2.75) is 0 Å². The van der Waals surface area contributed by atoms with Crippen LogP contribution in [0.15, 0.2) is 73.3 Å². The predicted molar refractivity (Wildman–Crippen MR) is 186 cm³/mol. The molecule has 0 aliphatic carbocycles. The summed E-state index contributed by atoms with van der Waals surface area (Å²) in [6.45, 7) is 7.88. The van der Waals surface area contributed by atoms with Crippen molar-refractivity contribution in [3.8, 4) is 0 Å². The molecule has 14 nitrogen and oxygen atoms in total. The fraction of sp³-hybridized carbons (Fsp3) is 0.375. The maximum absolute atomic E-state index is 8.83. The molecule has 2 aromatic heterocycles. The fourth-order valence-electron chi connectivity index (χ4n) is 4.56. The summed E-state index contributed by atoms with van der Waals surface area (Å²) >= 11 is 5.83. The van der Waals surface area contributed by atoms with Crippen molar-refractivity contribution >= 4 is 51.8 Å². The zero-order chi connectivity index (χ0) is 33.1. The predicted octanol–water partition coefficient (Wildman–Crippen LogP) is 3.11. The molecule has 4 heterocycles. The van der Waals surface area contributed by atoms with Gasteiger partial charge in [0.15, 0.2) is 0 Å². The van der Waals surface area contributed by atoms with Crippen LogP contribution in [0.4, 0.5) is 40.2 Å². The minimum absolute atomic E-state index is 0.0652. The van der Waals surface area contributed by atoms with Gasteiger partial charge < -0.3 is 51.2 Å². The smallest absolute Gasteiger partial charge is 0.135 e. The standard InChI is InChI=1S/C16H21N5O2.C14H15ClN4O.C2H7NO/c22-8-5-17-15-11-16(19-12-18-15)20-13-1-3-14(4-2-13)21-6-9-23-10-7-21;15-13-9-14(17-10-16-13)18-11-1-3-12(4-2-11)19-5-7-20-8-6-19;3-1-2-4/h1-4,11-12,22H,5-10H2,(H2,17,18,19,20);1-4,9-10H,5-8H2,(H,16,17,18);4H,1-3H2. The van der Waals surface area contributed by atoms with Gasteiger partial charge >= 0.3 is 0 Å². The number of benzene rings is 2. The lowest BCUT2D eigenvalue weighted by Gasteiger charge is -2.28. The van der Waals surface area contributed by atoms with Crippen molar-refractivity contribution in [2.24, 2.45) is 5.73 Å². The molecule has 2 saturated heterocycles. The highest BCUT2D eigenvalue weighted by Gasteiger charge is 2.12. The average molecular weight is 667 g/mol. The molecule has 2 fully saturated rings. The average Bonchev–Trinajstić information content (AvgIpc) is 3.13. The molecule has 0 spiro atoms. The Morgan fingerprint density at radius 1 is 0.660 bits per heavy atom. The number of anilines is 7. The van der Waals surface area contributed by atoms with E-state index in [0.717, 1.165) is 64.0 Å². The van der Waals surface area contributed by atoms with E-state index in [1.165, 1.54) is 24.0 Å². The van der Waals surface area contributed by atoms with E-state index in [4.69, 9.17) is 37.0 Å².